The number of benzene rings is 1. The summed E-state index contributed by atoms with van der Waals surface area (Å²) in [6, 6.07) is 10.5. The standard InChI is InChI=1S/C16H18.H2O/c1-13-7-6-10-16(11-13)14(2)12-15-8-4-3-5-9-15;/h3-6,8-13H,7H2,1-2H3;1H2/b14-12-;. The highest BCUT2D eigenvalue weighted by Gasteiger charge is 2.05. The van der Waals surface area contributed by atoms with Gasteiger partial charge in [0, 0.05) is 0 Å². The van der Waals surface area contributed by atoms with Gasteiger partial charge in [-0.2, -0.15) is 0 Å². The number of allylic oxidation sites excluding steroid dienone is 5. The third-order valence-electron chi connectivity index (χ3n) is 2.91. The Balaban J connectivity index is 0.00000144. The monoisotopic (exact) mass is 228 g/mol. The van der Waals surface area contributed by atoms with Gasteiger partial charge in [-0.15, -0.1) is 0 Å². The summed E-state index contributed by atoms with van der Waals surface area (Å²) < 4.78 is 0. The summed E-state index contributed by atoms with van der Waals surface area (Å²) in [6.07, 6.45) is 10.3. The molecule has 2 N–H and O–H groups in total. The minimum absolute atomic E-state index is 0. The number of hydrogen-bond donors (Lipinski definition) is 0. The molecule has 0 bridgehead atoms. The quantitative estimate of drug-likeness (QED) is 0.737. The van der Waals surface area contributed by atoms with Gasteiger partial charge in [0.15, 0.2) is 0 Å². The van der Waals surface area contributed by atoms with Gasteiger partial charge in [-0.25, -0.2) is 0 Å². The minimum atomic E-state index is 0. The largest absolute Gasteiger partial charge is 0.412 e. The van der Waals surface area contributed by atoms with Crippen LogP contribution in [-0.4, -0.2) is 5.48 Å². The molecule has 0 fully saturated rings. The fourth-order valence-corrected chi connectivity index (χ4v) is 1.99. The van der Waals surface area contributed by atoms with Crippen molar-refractivity contribution < 1.29 is 5.48 Å². The Labute approximate surface area is 103 Å². The van der Waals surface area contributed by atoms with Crippen LogP contribution in [0.3, 0.4) is 0 Å². The molecular formula is C16H20O. The summed E-state index contributed by atoms with van der Waals surface area (Å²) in [4.78, 5) is 0. The van der Waals surface area contributed by atoms with Crippen LogP contribution in [0, 0.1) is 5.92 Å². The molecule has 1 aromatic rings. The Bertz CT molecular complexity index is 438. The molecule has 17 heavy (non-hydrogen) atoms. The highest BCUT2D eigenvalue weighted by atomic mass is 16.0. The molecule has 90 valence electrons. The molecule has 1 aromatic carbocycles. The van der Waals surface area contributed by atoms with Crippen molar-refractivity contribution in [3.05, 3.63) is 65.3 Å². The highest BCUT2D eigenvalue weighted by Crippen LogP contribution is 2.23. The van der Waals surface area contributed by atoms with E-state index in [-0.39, 0.29) is 5.48 Å². The maximum Gasteiger partial charge on any atom is -0.0218 e. The Morgan fingerprint density at radius 3 is 2.59 bits per heavy atom. The zero-order valence-corrected chi connectivity index (χ0v) is 10.5. The van der Waals surface area contributed by atoms with Crippen LogP contribution in [-0.2, 0) is 0 Å². The molecule has 0 spiro atoms. The lowest BCUT2D eigenvalue weighted by Crippen LogP contribution is -1.96. The number of hydrogen-bond acceptors (Lipinski definition) is 0. The van der Waals surface area contributed by atoms with E-state index in [1.807, 2.05) is 0 Å². The smallest absolute Gasteiger partial charge is 0.0218 e. The van der Waals surface area contributed by atoms with E-state index in [0.717, 1.165) is 0 Å². The molecule has 1 atom stereocenters. The van der Waals surface area contributed by atoms with Crippen molar-refractivity contribution in [1.82, 2.24) is 0 Å². The van der Waals surface area contributed by atoms with Crippen molar-refractivity contribution in [3.63, 3.8) is 0 Å². The van der Waals surface area contributed by atoms with Crippen molar-refractivity contribution in [2.45, 2.75) is 20.3 Å². The molecule has 1 unspecified atom stereocenters. The normalized spacial score (nSPS) is 19.5. The average Bonchev–Trinajstić information content (AvgIpc) is 2.30. The number of rotatable bonds is 2. The molecule has 0 radical (unpaired) electrons. The molecule has 0 aromatic heterocycles. The van der Waals surface area contributed by atoms with E-state index in [4.69, 9.17) is 0 Å². The van der Waals surface area contributed by atoms with Crippen LogP contribution in [0.1, 0.15) is 25.8 Å². The van der Waals surface area contributed by atoms with E-state index in [1.54, 1.807) is 0 Å². The first-order valence-corrected chi connectivity index (χ1v) is 5.88. The Morgan fingerprint density at radius 1 is 1.24 bits per heavy atom. The van der Waals surface area contributed by atoms with Gasteiger partial charge in [-0.3, -0.25) is 0 Å². The van der Waals surface area contributed by atoms with Gasteiger partial charge in [0.05, 0.1) is 0 Å². The summed E-state index contributed by atoms with van der Waals surface area (Å²) in [5.74, 6) is 0.666. The fourth-order valence-electron chi connectivity index (χ4n) is 1.99. The minimum Gasteiger partial charge on any atom is -0.412 e. The molecule has 0 aliphatic heterocycles. The summed E-state index contributed by atoms with van der Waals surface area (Å²) in [6.45, 7) is 4.44. The van der Waals surface area contributed by atoms with Crippen LogP contribution in [0.5, 0.6) is 0 Å². The third kappa shape index (κ3) is 3.72. The van der Waals surface area contributed by atoms with Gasteiger partial charge in [0.2, 0.25) is 0 Å². The summed E-state index contributed by atoms with van der Waals surface area (Å²) in [5.41, 5.74) is 3.98. The van der Waals surface area contributed by atoms with E-state index in [1.165, 1.54) is 23.1 Å². The van der Waals surface area contributed by atoms with Crippen molar-refractivity contribution >= 4 is 6.08 Å². The molecule has 2 rings (SSSR count). The molecule has 0 saturated carbocycles. The van der Waals surface area contributed by atoms with Crippen LogP contribution >= 0.6 is 0 Å². The first-order chi connectivity index (χ1) is 7.75. The first kappa shape index (κ1) is 13.5. The lowest BCUT2D eigenvalue weighted by molar-refractivity contribution is 0.730. The Kier molecular flexibility index (Phi) is 4.92. The summed E-state index contributed by atoms with van der Waals surface area (Å²) in [5, 5.41) is 0. The zero-order chi connectivity index (χ0) is 11.4. The van der Waals surface area contributed by atoms with Crippen molar-refractivity contribution in [2.75, 3.05) is 0 Å². The highest BCUT2D eigenvalue weighted by molar-refractivity contribution is 5.60. The lowest BCUT2D eigenvalue weighted by atomic mass is 9.93. The second-order valence-electron chi connectivity index (χ2n) is 4.48. The topological polar surface area (TPSA) is 31.5 Å². The van der Waals surface area contributed by atoms with Gasteiger partial charge in [0.25, 0.3) is 0 Å². The molecule has 1 aliphatic carbocycles. The van der Waals surface area contributed by atoms with Crippen LogP contribution in [0.25, 0.3) is 6.08 Å². The van der Waals surface area contributed by atoms with E-state index in [0.29, 0.717) is 5.92 Å². The Hall–Kier alpha value is -1.60. The molecule has 1 aliphatic rings. The average molecular weight is 228 g/mol. The van der Waals surface area contributed by atoms with Gasteiger partial charge < -0.3 is 5.48 Å². The van der Waals surface area contributed by atoms with Crippen LogP contribution < -0.4 is 0 Å². The van der Waals surface area contributed by atoms with E-state index in [2.05, 4.69) is 68.5 Å². The van der Waals surface area contributed by atoms with Crippen molar-refractivity contribution in [3.8, 4) is 0 Å². The molecule has 1 nitrogen and oxygen atoms in total. The van der Waals surface area contributed by atoms with E-state index < -0.39 is 0 Å². The second kappa shape index (κ2) is 6.21. The predicted molar refractivity (Wildman–Crippen MR) is 74.7 cm³/mol. The molecule has 0 heterocycles. The molecule has 0 saturated heterocycles. The Morgan fingerprint density at radius 2 is 1.94 bits per heavy atom. The fraction of sp³-hybridized carbons (Fsp3) is 0.250. The van der Waals surface area contributed by atoms with Crippen LogP contribution in [0.4, 0.5) is 0 Å². The molecule has 1 heteroatoms. The zero-order valence-electron chi connectivity index (χ0n) is 10.5. The van der Waals surface area contributed by atoms with Gasteiger partial charge >= 0.3 is 0 Å². The predicted octanol–water partition coefficient (Wildman–Crippen LogP) is 3.79. The van der Waals surface area contributed by atoms with Crippen molar-refractivity contribution in [1.29, 1.82) is 0 Å². The maximum absolute atomic E-state index is 2.36. The van der Waals surface area contributed by atoms with E-state index >= 15 is 0 Å². The van der Waals surface area contributed by atoms with Gasteiger partial charge in [-0.05, 0) is 36.0 Å². The van der Waals surface area contributed by atoms with Crippen molar-refractivity contribution in [2.24, 2.45) is 5.92 Å². The van der Waals surface area contributed by atoms with Gasteiger partial charge in [0.1, 0.15) is 0 Å². The van der Waals surface area contributed by atoms with Crippen LogP contribution in [0.2, 0.25) is 0 Å². The van der Waals surface area contributed by atoms with Gasteiger partial charge in [-0.1, -0.05) is 61.6 Å². The SMILES string of the molecule is C/C(=C/c1ccccc1)C1=CC(C)CC=C1.O. The summed E-state index contributed by atoms with van der Waals surface area (Å²) in [7, 11) is 0. The van der Waals surface area contributed by atoms with E-state index in [9.17, 15) is 0 Å². The third-order valence-corrected chi connectivity index (χ3v) is 2.91. The molecule has 0 amide bonds. The lowest BCUT2D eigenvalue weighted by Gasteiger charge is -2.12. The van der Waals surface area contributed by atoms with Crippen LogP contribution in [0.15, 0.2) is 59.7 Å². The molecular weight excluding hydrogens is 208 g/mol. The second-order valence-corrected chi connectivity index (χ2v) is 4.48. The maximum atomic E-state index is 2.36. The summed E-state index contributed by atoms with van der Waals surface area (Å²) >= 11 is 0. The first-order valence-electron chi connectivity index (χ1n) is 5.88.